The summed E-state index contributed by atoms with van der Waals surface area (Å²) in [6.07, 6.45) is 2.76. The van der Waals surface area contributed by atoms with E-state index in [0.717, 1.165) is 56.7 Å². The van der Waals surface area contributed by atoms with Crippen LogP contribution in [-0.2, 0) is 11.0 Å². The number of nitrogens with zero attached hydrogens (tertiary/aromatic N) is 1. The van der Waals surface area contributed by atoms with E-state index in [9.17, 15) is 27.2 Å². The molecule has 1 aliphatic carbocycles. The van der Waals surface area contributed by atoms with Crippen molar-refractivity contribution in [1.82, 2.24) is 10.6 Å². The van der Waals surface area contributed by atoms with Crippen molar-refractivity contribution in [3.8, 4) is 0 Å². The van der Waals surface area contributed by atoms with Gasteiger partial charge in [0.05, 0.1) is 16.9 Å². The van der Waals surface area contributed by atoms with Crippen molar-refractivity contribution in [2.75, 3.05) is 23.7 Å². The van der Waals surface area contributed by atoms with Crippen LogP contribution in [0.15, 0.2) is 41.4 Å². The predicted octanol–water partition coefficient (Wildman–Crippen LogP) is 5.97. The van der Waals surface area contributed by atoms with Crippen LogP contribution in [0.4, 0.5) is 34.6 Å². The standard InChI is InChI=1S/C27H31F4N5O2/c28-21-10-9-19(16-23(21)35-24(37)12-7-17-5-2-1-3-6-17)34-22-11-8-18(15-20(22)27(29,30)31)25(38)36-26-32-13-4-14-33-26/h8-11,15-17,34H,1-7,12-14H2,(H,35,37)(H2,32,33,36,38). The van der Waals surface area contributed by atoms with Crippen LogP contribution in [0, 0.1) is 11.7 Å². The first-order chi connectivity index (χ1) is 18.2. The Morgan fingerprint density at radius 3 is 2.39 bits per heavy atom. The Morgan fingerprint density at radius 2 is 1.68 bits per heavy atom. The van der Waals surface area contributed by atoms with Crippen LogP contribution < -0.4 is 21.3 Å². The van der Waals surface area contributed by atoms with Crippen LogP contribution in [0.25, 0.3) is 0 Å². The van der Waals surface area contributed by atoms with E-state index >= 15 is 0 Å². The van der Waals surface area contributed by atoms with E-state index in [4.69, 9.17) is 0 Å². The molecule has 0 radical (unpaired) electrons. The van der Waals surface area contributed by atoms with Gasteiger partial charge in [-0.2, -0.15) is 18.2 Å². The van der Waals surface area contributed by atoms with Gasteiger partial charge in [-0.25, -0.2) is 4.39 Å². The van der Waals surface area contributed by atoms with Gasteiger partial charge in [0.2, 0.25) is 5.91 Å². The number of benzene rings is 2. The first kappa shape index (κ1) is 27.4. The molecule has 0 spiro atoms. The normalized spacial score (nSPS) is 16.3. The largest absolute Gasteiger partial charge is 0.418 e. The van der Waals surface area contributed by atoms with Gasteiger partial charge in [-0.05, 0) is 55.2 Å². The molecule has 7 nitrogen and oxygen atoms in total. The van der Waals surface area contributed by atoms with Crippen molar-refractivity contribution in [1.29, 1.82) is 0 Å². The monoisotopic (exact) mass is 533 g/mol. The third-order valence-corrected chi connectivity index (χ3v) is 6.75. The maximum Gasteiger partial charge on any atom is 0.418 e. The number of nitrogens with one attached hydrogen (secondary N) is 4. The SMILES string of the molecule is O=C(CCC1CCCCC1)Nc1cc(Nc2ccc(C(=O)N=C3NCCCN3)cc2C(F)(F)F)ccc1F. The molecule has 2 aromatic rings. The zero-order valence-electron chi connectivity index (χ0n) is 20.9. The minimum Gasteiger partial charge on any atom is -0.356 e. The number of alkyl halides is 3. The quantitative estimate of drug-likeness (QED) is 0.329. The summed E-state index contributed by atoms with van der Waals surface area (Å²) in [7, 11) is 0. The van der Waals surface area contributed by atoms with Crippen LogP contribution in [-0.4, -0.2) is 30.9 Å². The number of halogens is 4. The molecule has 11 heteroatoms. The highest BCUT2D eigenvalue weighted by Gasteiger charge is 2.34. The topological polar surface area (TPSA) is 94.6 Å². The second-order valence-electron chi connectivity index (χ2n) is 9.64. The van der Waals surface area contributed by atoms with Gasteiger partial charge in [0.25, 0.3) is 5.91 Å². The van der Waals surface area contributed by atoms with E-state index < -0.39 is 23.5 Å². The lowest BCUT2D eigenvalue weighted by atomic mass is 9.86. The van der Waals surface area contributed by atoms with Crippen LogP contribution in [0.5, 0.6) is 0 Å². The summed E-state index contributed by atoms with van der Waals surface area (Å²) in [5.74, 6) is -1.14. The molecule has 1 saturated heterocycles. The molecule has 4 rings (SSSR count). The predicted molar refractivity (Wildman–Crippen MR) is 138 cm³/mol. The minimum absolute atomic E-state index is 0.118. The number of hydrogen-bond donors (Lipinski definition) is 4. The van der Waals surface area contributed by atoms with Crippen LogP contribution >= 0.6 is 0 Å². The molecule has 1 aliphatic heterocycles. The molecular formula is C27H31F4N5O2. The van der Waals surface area contributed by atoms with Crippen molar-refractivity contribution < 1.29 is 27.2 Å². The zero-order valence-corrected chi connectivity index (χ0v) is 20.9. The molecule has 38 heavy (non-hydrogen) atoms. The minimum atomic E-state index is -4.77. The molecule has 0 bridgehead atoms. The number of hydrogen-bond acceptors (Lipinski definition) is 3. The summed E-state index contributed by atoms with van der Waals surface area (Å²) >= 11 is 0. The first-order valence-corrected chi connectivity index (χ1v) is 12.9. The van der Waals surface area contributed by atoms with E-state index in [-0.39, 0.29) is 40.9 Å². The van der Waals surface area contributed by atoms with Gasteiger partial charge in [-0.1, -0.05) is 32.1 Å². The van der Waals surface area contributed by atoms with Crippen molar-refractivity contribution in [3.63, 3.8) is 0 Å². The highest BCUT2D eigenvalue weighted by Crippen LogP contribution is 2.37. The lowest BCUT2D eigenvalue weighted by Crippen LogP contribution is -2.44. The third kappa shape index (κ3) is 7.45. The molecule has 0 atom stereocenters. The summed E-state index contributed by atoms with van der Waals surface area (Å²) in [6, 6.07) is 6.70. The van der Waals surface area contributed by atoms with E-state index in [2.05, 4.69) is 26.3 Å². The van der Waals surface area contributed by atoms with Gasteiger partial charge in [0.1, 0.15) is 5.82 Å². The molecule has 2 aliphatic rings. The number of anilines is 3. The first-order valence-electron chi connectivity index (χ1n) is 12.9. The van der Waals surface area contributed by atoms with Crippen LogP contribution in [0.1, 0.15) is 67.3 Å². The van der Waals surface area contributed by atoms with E-state index in [1.807, 2.05) is 0 Å². The van der Waals surface area contributed by atoms with Gasteiger partial charge >= 0.3 is 6.18 Å². The maximum absolute atomic E-state index is 14.4. The Morgan fingerprint density at radius 1 is 0.947 bits per heavy atom. The van der Waals surface area contributed by atoms with Crippen molar-refractivity contribution in [3.05, 3.63) is 53.3 Å². The summed E-state index contributed by atoms with van der Waals surface area (Å²) < 4.78 is 56.0. The highest BCUT2D eigenvalue weighted by molar-refractivity contribution is 6.03. The Balaban J connectivity index is 1.47. The Hall–Kier alpha value is -3.63. The lowest BCUT2D eigenvalue weighted by molar-refractivity contribution is -0.137. The molecule has 2 fully saturated rings. The molecule has 2 aromatic carbocycles. The lowest BCUT2D eigenvalue weighted by Gasteiger charge is -2.21. The van der Waals surface area contributed by atoms with Crippen molar-refractivity contribution in [2.45, 2.75) is 57.5 Å². The Bertz CT molecular complexity index is 1180. The summed E-state index contributed by atoms with van der Waals surface area (Å²) in [4.78, 5) is 28.7. The number of carbonyl (C=O) groups excluding carboxylic acids is 2. The Labute approximate surface area is 218 Å². The third-order valence-electron chi connectivity index (χ3n) is 6.75. The summed E-state index contributed by atoms with van der Waals surface area (Å²) in [5, 5.41) is 10.9. The van der Waals surface area contributed by atoms with E-state index in [1.54, 1.807) is 0 Å². The fourth-order valence-electron chi connectivity index (χ4n) is 4.71. The molecule has 1 heterocycles. The molecule has 0 unspecified atom stereocenters. The van der Waals surface area contributed by atoms with Crippen LogP contribution in [0.2, 0.25) is 0 Å². The number of aliphatic imine (C=N–C) groups is 1. The second-order valence-corrected chi connectivity index (χ2v) is 9.64. The number of carbonyl (C=O) groups is 2. The van der Waals surface area contributed by atoms with Gasteiger partial charge in [-0.3, -0.25) is 9.59 Å². The van der Waals surface area contributed by atoms with E-state index in [0.29, 0.717) is 19.0 Å². The average molecular weight is 534 g/mol. The molecule has 1 saturated carbocycles. The van der Waals surface area contributed by atoms with Gasteiger partial charge in [0.15, 0.2) is 5.96 Å². The zero-order chi connectivity index (χ0) is 27.1. The van der Waals surface area contributed by atoms with E-state index in [1.165, 1.54) is 24.6 Å². The van der Waals surface area contributed by atoms with Crippen molar-refractivity contribution >= 4 is 34.8 Å². The van der Waals surface area contributed by atoms with Gasteiger partial charge in [-0.15, -0.1) is 0 Å². The van der Waals surface area contributed by atoms with Gasteiger partial charge < -0.3 is 21.3 Å². The fraction of sp³-hybridized carbons (Fsp3) is 0.444. The summed E-state index contributed by atoms with van der Waals surface area (Å²) in [6.45, 7) is 1.22. The average Bonchev–Trinajstić information content (AvgIpc) is 2.90. The number of guanidine groups is 1. The highest BCUT2D eigenvalue weighted by atomic mass is 19.4. The number of amides is 2. The Kier molecular flexibility index (Phi) is 8.85. The van der Waals surface area contributed by atoms with Gasteiger partial charge in [0, 0.05) is 30.8 Å². The van der Waals surface area contributed by atoms with Crippen molar-refractivity contribution in [2.24, 2.45) is 10.9 Å². The second kappa shape index (κ2) is 12.3. The number of rotatable bonds is 7. The maximum atomic E-state index is 14.4. The molecule has 2 amide bonds. The summed E-state index contributed by atoms with van der Waals surface area (Å²) in [5.41, 5.74) is -1.59. The molecule has 0 aromatic heterocycles. The van der Waals surface area contributed by atoms with Crippen LogP contribution in [0.3, 0.4) is 0 Å². The fourth-order valence-corrected chi connectivity index (χ4v) is 4.71. The smallest absolute Gasteiger partial charge is 0.356 e. The molecule has 204 valence electrons. The molecule has 4 N–H and O–H groups in total. The molecular weight excluding hydrogens is 502 g/mol.